The first-order valence-corrected chi connectivity index (χ1v) is 6.46. The van der Waals surface area contributed by atoms with Gasteiger partial charge in [-0.3, -0.25) is 4.79 Å². The molecule has 6 nitrogen and oxygen atoms in total. The summed E-state index contributed by atoms with van der Waals surface area (Å²) in [7, 11) is 2.82. The average molecular weight is 278 g/mol. The number of methoxy groups -OCH3 is 2. The highest BCUT2D eigenvalue weighted by Gasteiger charge is 2.61. The van der Waals surface area contributed by atoms with E-state index in [9.17, 15) is 9.90 Å². The van der Waals surface area contributed by atoms with Crippen LogP contribution in [0.3, 0.4) is 0 Å². The van der Waals surface area contributed by atoms with Crippen molar-refractivity contribution in [2.24, 2.45) is 5.41 Å². The molecule has 1 unspecified atom stereocenters. The van der Waals surface area contributed by atoms with E-state index in [-0.39, 0.29) is 6.42 Å². The molecule has 0 aliphatic carbocycles. The predicted molar refractivity (Wildman–Crippen MR) is 69.8 cm³/mol. The Balaban J connectivity index is 5.78. The highest BCUT2D eigenvalue weighted by molar-refractivity contribution is 5.76. The zero-order valence-electron chi connectivity index (χ0n) is 12.7. The molecule has 0 saturated heterocycles. The number of ether oxygens (including phenoxy) is 4. The summed E-state index contributed by atoms with van der Waals surface area (Å²) in [5, 5.41) is 9.73. The minimum atomic E-state index is -1.46. The maximum absolute atomic E-state index is 11.9. The molecule has 0 bridgehead atoms. The van der Waals surface area contributed by atoms with Crippen LogP contribution in [0.5, 0.6) is 0 Å². The summed E-state index contributed by atoms with van der Waals surface area (Å²) >= 11 is 0. The average Bonchev–Trinajstić information content (AvgIpc) is 2.39. The number of hydrogen-bond acceptors (Lipinski definition) is 5. The monoisotopic (exact) mass is 278 g/mol. The summed E-state index contributed by atoms with van der Waals surface area (Å²) in [6.07, 6.45) is -0.708. The van der Waals surface area contributed by atoms with Gasteiger partial charge in [-0.05, 0) is 27.2 Å². The second kappa shape index (κ2) is 7.79. The number of carboxylic acids is 1. The molecule has 0 aliphatic heterocycles. The van der Waals surface area contributed by atoms with Crippen molar-refractivity contribution >= 4 is 5.97 Å². The van der Waals surface area contributed by atoms with Gasteiger partial charge in [-0.2, -0.15) is 0 Å². The quantitative estimate of drug-likeness (QED) is 0.615. The van der Waals surface area contributed by atoms with Crippen LogP contribution in [0.25, 0.3) is 0 Å². The summed E-state index contributed by atoms with van der Waals surface area (Å²) < 4.78 is 21.6. The van der Waals surface area contributed by atoms with Gasteiger partial charge in [0, 0.05) is 27.4 Å². The summed E-state index contributed by atoms with van der Waals surface area (Å²) in [5.41, 5.74) is -1.46. The minimum absolute atomic E-state index is 0.241. The van der Waals surface area contributed by atoms with Gasteiger partial charge in [-0.25, -0.2) is 0 Å². The van der Waals surface area contributed by atoms with Crippen molar-refractivity contribution in [1.29, 1.82) is 0 Å². The number of carboxylic acid groups (broad SMARTS) is 1. The SMILES string of the molecule is CCOC(OCC)C(CC)(C(=O)O)C(C)(OC)OC. The third-order valence-electron chi connectivity index (χ3n) is 3.57. The van der Waals surface area contributed by atoms with Crippen molar-refractivity contribution in [3.63, 3.8) is 0 Å². The number of aliphatic carboxylic acids is 1. The predicted octanol–water partition coefficient (Wildman–Crippen LogP) is 1.88. The second-order valence-corrected chi connectivity index (χ2v) is 4.23. The lowest BCUT2D eigenvalue weighted by Crippen LogP contribution is -2.61. The highest BCUT2D eigenvalue weighted by Crippen LogP contribution is 2.43. The lowest BCUT2D eigenvalue weighted by Gasteiger charge is -2.46. The third-order valence-corrected chi connectivity index (χ3v) is 3.57. The minimum Gasteiger partial charge on any atom is -0.481 e. The van der Waals surface area contributed by atoms with E-state index in [4.69, 9.17) is 18.9 Å². The largest absolute Gasteiger partial charge is 0.481 e. The Labute approximate surface area is 115 Å². The molecule has 0 radical (unpaired) electrons. The van der Waals surface area contributed by atoms with Crippen LogP contribution in [0.1, 0.15) is 34.1 Å². The van der Waals surface area contributed by atoms with Gasteiger partial charge in [0.15, 0.2) is 17.5 Å². The van der Waals surface area contributed by atoms with Crippen molar-refractivity contribution in [1.82, 2.24) is 0 Å². The van der Waals surface area contributed by atoms with Crippen molar-refractivity contribution in [3.8, 4) is 0 Å². The first kappa shape index (κ1) is 18.3. The number of rotatable bonds is 10. The smallest absolute Gasteiger partial charge is 0.320 e. The molecule has 114 valence electrons. The molecule has 1 N–H and O–H groups in total. The Hall–Kier alpha value is -0.690. The van der Waals surface area contributed by atoms with Gasteiger partial charge in [0.1, 0.15) is 0 Å². The Morgan fingerprint density at radius 1 is 1.11 bits per heavy atom. The first-order chi connectivity index (χ1) is 8.89. The van der Waals surface area contributed by atoms with Crippen molar-refractivity contribution in [2.75, 3.05) is 27.4 Å². The van der Waals surface area contributed by atoms with E-state index in [2.05, 4.69) is 0 Å². The molecule has 0 fully saturated rings. The van der Waals surface area contributed by atoms with E-state index in [1.54, 1.807) is 27.7 Å². The Kier molecular flexibility index (Phi) is 7.51. The standard InChI is InChI=1S/C13H26O6/c1-7-13(10(14)15,12(4,16-5)17-6)11(18-8-2)19-9-3/h11H,7-9H2,1-6H3,(H,14,15). The van der Waals surface area contributed by atoms with Gasteiger partial charge >= 0.3 is 5.97 Å². The van der Waals surface area contributed by atoms with Crippen molar-refractivity contribution in [3.05, 3.63) is 0 Å². The summed E-state index contributed by atoms with van der Waals surface area (Å²) in [6, 6.07) is 0. The molecule has 0 amide bonds. The summed E-state index contributed by atoms with van der Waals surface area (Å²) in [5.74, 6) is -2.43. The topological polar surface area (TPSA) is 74.2 Å². The number of hydrogen-bond donors (Lipinski definition) is 1. The van der Waals surface area contributed by atoms with Gasteiger partial charge in [0.2, 0.25) is 0 Å². The molecule has 0 aliphatic rings. The normalized spacial score (nSPS) is 15.5. The molecule has 0 rings (SSSR count). The fourth-order valence-corrected chi connectivity index (χ4v) is 2.23. The zero-order valence-corrected chi connectivity index (χ0v) is 12.7. The van der Waals surface area contributed by atoms with Crippen LogP contribution in [-0.4, -0.2) is 50.6 Å². The molecule has 6 heteroatoms. The van der Waals surface area contributed by atoms with Crippen LogP contribution in [0.2, 0.25) is 0 Å². The molecule has 19 heavy (non-hydrogen) atoms. The molecule has 0 heterocycles. The van der Waals surface area contributed by atoms with Crippen LogP contribution in [0.15, 0.2) is 0 Å². The van der Waals surface area contributed by atoms with E-state index < -0.39 is 23.5 Å². The van der Waals surface area contributed by atoms with Gasteiger partial charge in [0.25, 0.3) is 0 Å². The van der Waals surface area contributed by atoms with Gasteiger partial charge in [-0.15, -0.1) is 0 Å². The van der Waals surface area contributed by atoms with Gasteiger partial charge < -0.3 is 24.1 Å². The van der Waals surface area contributed by atoms with E-state index in [0.717, 1.165) is 0 Å². The van der Waals surface area contributed by atoms with Gasteiger partial charge in [0.05, 0.1) is 0 Å². The fraction of sp³-hybridized carbons (Fsp3) is 0.923. The molecular weight excluding hydrogens is 252 g/mol. The van der Waals surface area contributed by atoms with Crippen LogP contribution in [0, 0.1) is 5.41 Å². The molecule has 0 aromatic rings. The molecular formula is C13H26O6. The molecule has 0 saturated carbocycles. The maximum Gasteiger partial charge on any atom is 0.320 e. The van der Waals surface area contributed by atoms with E-state index in [1.165, 1.54) is 14.2 Å². The molecule has 0 spiro atoms. The zero-order chi connectivity index (χ0) is 15.1. The van der Waals surface area contributed by atoms with Crippen LogP contribution in [-0.2, 0) is 23.7 Å². The van der Waals surface area contributed by atoms with Crippen LogP contribution in [0.4, 0.5) is 0 Å². The van der Waals surface area contributed by atoms with Crippen LogP contribution < -0.4 is 0 Å². The van der Waals surface area contributed by atoms with Crippen molar-refractivity contribution in [2.45, 2.75) is 46.2 Å². The Morgan fingerprint density at radius 2 is 1.53 bits per heavy atom. The van der Waals surface area contributed by atoms with E-state index in [0.29, 0.717) is 13.2 Å². The summed E-state index contributed by atoms with van der Waals surface area (Å²) in [6.45, 7) is 7.56. The van der Waals surface area contributed by atoms with Gasteiger partial charge in [-0.1, -0.05) is 6.92 Å². The Bertz CT molecular complexity index is 270. The first-order valence-electron chi connectivity index (χ1n) is 6.46. The maximum atomic E-state index is 11.9. The molecule has 0 aromatic heterocycles. The fourth-order valence-electron chi connectivity index (χ4n) is 2.23. The van der Waals surface area contributed by atoms with Crippen molar-refractivity contribution < 1.29 is 28.8 Å². The van der Waals surface area contributed by atoms with E-state index in [1.807, 2.05) is 0 Å². The lowest BCUT2D eigenvalue weighted by molar-refractivity contribution is -0.327. The highest BCUT2D eigenvalue weighted by atomic mass is 16.7. The number of carbonyl (C=O) groups is 1. The third kappa shape index (κ3) is 3.25. The lowest BCUT2D eigenvalue weighted by atomic mass is 9.76. The summed E-state index contributed by atoms with van der Waals surface area (Å²) in [4.78, 5) is 11.9. The second-order valence-electron chi connectivity index (χ2n) is 4.23. The van der Waals surface area contributed by atoms with E-state index >= 15 is 0 Å². The van der Waals surface area contributed by atoms with Crippen LogP contribution >= 0.6 is 0 Å². The Morgan fingerprint density at radius 3 is 1.74 bits per heavy atom. The molecule has 0 aromatic carbocycles. The molecule has 1 atom stereocenters.